The Morgan fingerprint density at radius 1 is 1.53 bits per heavy atom. The fourth-order valence-corrected chi connectivity index (χ4v) is 1.48. The third kappa shape index (κ3) is 3.09. The van der Waals surface area contributed by atoms with Gasteiger partial charge in [-0.05, 0) is 37.6 Å². The zero-order chi connectivity index (χ0) is 13.8. The molecule has 100 valence electrons. The Bertz CT molecular complexity index is 595. The van der Waals surface area contributed by atoms with Gasteiger partial charge in [0.1, 0.15) is 12.1 Å². The summed E-state index contributed by atoms with van der Waals surface area (Å²) in [5, 5.41) is 2.84. The standard InChI is InChI=1S/C13H13FN2O3/c1-3-18-12(17)11-7-19-13(16-11)15-9-4-5-10(14)8(2)6-9/h4-7H,3H2,1-2H3,(H,15,16). The average Bonchev–Trinajstić information content (AvgIpc) is 2.83. The number of carbonyl (C=O) groups is 1. The molecule has 0 bridgehead atoms. The minimum absolute atomic E-state index is 0.0863. The van der Waals surface area contributed by atoms with Crippen LogP contribution in [0.5, 0.6) is 0 Å². The largest absolute Gasteiger partial charge is 0.461 e. The van der Waals surface area contributed by atoms with E-state index in [4.69, 9.17) is 9.15 Å². The van der Waals surface area contributed by atoms with Crippen LogP contribution in [-0.4, -0.2) is 17.6 Å². The SMILES string of the molecule is CCOC(=O)c1coc(Nc2ccc(F)c(C)c2)n1. The van der Waals surface area contributed by atoms with Crippen molar-refractivity contribution in [1.29, 1.82) is 0 Å². The number of rotatable bonds is 4. The Labute approximate surface area is 109 Å². The highest BCUT2D eigenvalue weighted by molar-refractivity contribution is 5.87. The topological polar surface area (TPSA) is 64.4 Å². The first-order valence-corrected chi connectivity index (χ1v) is 5.76. The summed E-state index contributed by atoms with van der Waals surface area (Å²) in [5.74, 6) is -0.834. The van der Waals surface area contributed by atoms with Crippen molar-refractivity contribution in [2.24, 2.45) is 0 Å². The van der Waals surface area contributed by atoms with Gasteiger partial charge in [-0.15, -0.1) is 0 Å². The number of esters is 1. The van der Waals surface area contributed by atoms with Crippen molar-refractivity contribution in [1.82, 2.24) is 4.98 Å². The van der Waals surface area contributed by atoms with Crippen LogP contribution >= 0.6 is 0 Å². The lowest BCUT2D eigenvalue weighted by Crippen LogP contribution is -2.05. The van der Waals surface area contributed by atoms with Crippen molar-refractivity contribution < 1.29 is 18.3 Å². The van der Waals surface area contributed by atoms with Gasteiger partial charge in [0, 0.05) is 5.69 Å². The summed E-state index contributed by atoms with van der Waals surface area (Å²) < 4.78 is 23.0. The van der Waals surface area contributed by atoms with E-state index >= 15 is 0 Å². The molecule has 1 N–H and O–H groups in total. The van der Waals surface area contributed by atoms with E-state index in [0.29, 0.717) is 11.3 Å². The van der Waals surface area contributed by atoms with Crippen molar-refractivity contribution in [3.63, 3.8) is 0 Å². The van der Waals surface area contributed by atoms with Gasteiger partial charge in [0.05, 0.1) is 6.61 Å². The van der Waals surface area contributed by atoms with Gasteiger partial charge in [0.25, 0.3) is 6.01 Å². The number of ether oxygens (including phenoxy) is 1. The molecule has 0 radical (unpaired) electrons. The summed E-state index contributed by atoms with van der Waals surface area (Å²) in [7, 11) is 0. The van der Waals surface area contributed by atoms with Crippen LogP contribution in [0.3, 0.4) is 0 Å². The van der Waals surface area contributed by atoms with Gasteiger partial charge < -0.3 is 14.5 Å². The molecular formula is C13H13FN2O3. The first-order valence-electron chi connectivity index (χ1n) is 5.76. The van der Waals surface area contributed by atoms with Crippen molar-refractivity contribution in [2.45, 2.75) is 13.8 Å². The van der Waals surface area contributed by atoms with Crippen molar-refractivity contribution >= 4 is 17.7 Å². The summed E-state index contributed by atoms with van der Waals surface area (Å²) in [5.41, 5.74) is 1.21. The number of aromatic nitrogens is 1. The molecule has 0 atom stereocenters. The van der Waals surface area contributed by atoms with Gasteiger partial charge in [0.15, 0.2) is 5.69 Å². The van der Waals surface area contributed by atoms with Crippen molar-refractivity contribution in [2.75, 3.05) is 11.9 Å². The van der Waals surface area contributed by atoms with E-state index in [-0.39, 0.29) is 24.1 Å². The molecule has 6 heteroatoms. The van der Waals surface area contributed by atoms with E-state index < -0.39 is 5.97 Å². The van der Waals surface area contributed by atoms with Crippen LogP contribution in [0.15, 0.2) is 28.9 Å². The van der Waals surface area contributed by atoms with Gasteiger partial charge in [-0.3, -0.25) is 0 Å². The van der Waals surface area contributed by atoms with Gasteiger partial charge in [-0.25, -0.2) is 9.18 Å². The first kappa shape index (κ1) is 13.1. The zero-order valence-corrected chi connectivity index (χ0v) is 10.6. The van der Waals surface area contributed by atoms with Crippen molar-refractivity contribution in [3.8, 4) is 0 Å². The number of hydrogen-bond donors (Lipinski definition) is 1. The van der Waals surface area contributed by atoms with Gasteiger partial charge in [-0.2, -0.15) is 4.98 Å². The number of carbonyl (C=O) groups excluding carboxylic acids is 1. The maximum absolute atomic E-state index is 13.1. The number of anilines is 2. The molecule has 2 rings (SSSR count). The van der Waals surface area contributed by atoms with Crippen LogP contribution in [0.4, 0.5) is 16.1 Å². The maximum Gasteiger partial charge on any atom is 0.360 e. The van der Waals surface area contributed by atoms with E-state index in [1.54, 1.807) is 26.0 Å². The second kappa shape index (κ2) is 5.51. The molecule has 2 aromatic rings. The number of nitrogens with one attached hydrogen (secondary N) is 1. The summed E-state index contributed by atoms with van der Waals surface area (Å²) in [6, 6.07) is 4.65. The summed E-state index contributed by atoms with van der Waals surface area (Å²) >= 11 is 0. The number of aryl methyl sites for hydroxylation is 1. The Kier molecular flexibility index (Phi) is 3.79. The second-order valence-electron chi connectivity index (χ2n) is 3.85. The Hall–Kier alpha value is -2.37. The summed E-state index contributed by atoms with van der Waals surface area (Å²) in [6.45, 7) is 3.63. The average molecular weight is 264 g/mol. The first-order chi connectivity index (χ1) is 9.10. The number of benzene rings is 1. The molecule has 19 heavy (non-hydrogen) atoms. The molecule has 0 aliphatic carbocycles. The van der Waals surface area contributed by atoms with E-state index in [9.17, 15) is 9.18 Å². The number of nitrogens with zero attached hydrogens (tertiary/aromatic N) is 1. The highest BCUT2D eigenvalue weighted by Crippen LogP contribution is 2.19. The third-order valence-corrected chi connectivity index (χ3v) is 2.40. The molecule has 0 amide bonds. The predicted molar refractivity (Wildman–Crippen MR) is 66.9 cm³/mol. The lowest BCUT2D eigenvalue weighted by molar-refractivity contribution is 0.0519. The lowest BCUT2D eigenvalue weighted by atomic mass is 10.2. The van der Waals surface area contributed by atoms with Gasteiger partial charge in [-0.1, -0.05) is 0 Å². The van der Waals surface area contributed by atoms with Crippen LogP contribution in [0.2, 0.25) is 0 Å². The highest BCUT2D eigenvalue weighted by atomic mass is 19.1. The van der Waals surface area contributed by atoms with Crippen molar-refractivity contribution in [3.05, 3.63) is 41.5 Å². The van der Waals surface area contributed by atoms with Crippen LogP contribution in [-0.2, 0) is 4.74 Å². The van der Waals surface area contributed by atoms with E-state index in [2.05, 4.69) is 10.3 Å². The molecule has 0 aliphatic rings. The normalized spacial score (nSPS) is 10.3. The summed E-state index contributed by atoms with van der Waals surface area (Å²) in [6.07, 6.45) is 1.21. The minimum atomic E-state index is -0.547. The molecule has 5 nitrogen and oxygen atoms in total. The molecule has 1 heterocycles. The molecule has 0 spiro atoms. The fraction of sp³-hybridized carbons (Fsp3) is 0.231. The van der Waals surface area contributed by atoms with Crippen LogP contribution < -0.4 is 5.32 Å². The van der Waals surface area contributed by atoms with Gasteiger partial charge >= 0.3 is 5.97 Å². The molecule has 0 saturated carbocycles. The number of hydrogen-bond acceptors (Lipinski definition) is 5. The molecule has 0 unspecified atom stereocenters. The van der Waals surface area contributed by atoms with Crippen LogP contribution in [0, 0.1) is 12.7 Å². The van der Waals surface area contributed by atoms with E-state index in [1.807, 2.05) is 0 Å². The molecule has 0 aliphatic heterocycles. The molecule has 0 saturated heterocycles. The number of oxazole rings is 1. The monoisotopic (exact) mass is 264 g/mol. The molecular weight excluding hydrogens is 251 g/mol. The quantitative estimate of drug-likeness (QED) is 0.860. The van der Waals surface area contributed by atoms with Gasteiger partial charge in [0.2, 0.25) is 0 Å². The smallest absolute Gasteiger partial charge is 0.360 e. The van der Waals surface area contributed by atoms with Crippen LogP contribution in [0.1, 0.15) is 23.0 Å². The molecule has 0 fully saturated rings. The lowest BCUT2D eigenvalue weighted by Gasteiger charge is -2.03. The number of halogens is 1. The summed E-state index contributed by atoms with van der Waals surface area (Å²) in [4.78, 5) is 15.3. The van der Waals surface area contributed by atoms with E-state index in [0.717, 1.165) is 0 Å². The minimum Gasteiger partial charge on any atom is -0.461 e. The zero-order valence-electron chi connectivity index (χ0n) is 10.6. The molecule has 1 aromatic heterocycles. The Balaban J connectivity index is 2.11. The third-order valence-electron chi connectivity index (χ3n) is 2.40. The second-order valence-corrected chi connectivity index (χ2v) is 3.85. The maximum atomic E-state index is 13.1. The highest BCUT2D eigenvalue weighted by Gasteiger charge is 2.13. The van der Waals surface area contributed by atoms with E-state index in [1.165, 1.54) is 12.3 Å². The Morgan fingerprint density at radius 3 is 3.00 bits per heavy atom. The Morgan fingerprint density at radius 2 is 2.32 bits per heavy atom. The molecule has 1 aromatic carbocycles. The predicted octanol–water partition coefficient (Wildman–Crippen LogP) is 3.04. The fourth-order valence-electron chi connectivity index (χ4n) is 1.48. The van der Waals surface area contributed by atoms with Crippen LogP contribution in [0.25, 0.3) is 0 Å².